The van der Waals surface area contributed by atoms with Crippen molar-refractivity contribution in [3.8, 4) is 0 Å². The van der Waals surface area contributed by atoms with E-state index in [0.717, 1.165) is 0 Å². The van der Waals surface area contributed by atoms with Crippen LogP contribution >= 0.6 is 0 Å². The standard InChI is InChI=1S/C6H12O6.C6H12O4/c7-1-3(9)5(11)6(12)4(10)2-8;7-1-6(2-8)3-9-5-10-4-6/h3,5-9,11-12H,1-2H2;7-8H,1-5H2/t3-,5+,6+;/m1./s1. The van der Waals surface area contributed by atoms with Crippen LogP contribution in [0.1, 0.15) is 0 Å². The van der Waals surface area contributed by atoms with E-state index in [4.69, 9.17) is 45.2 Å². The fraction of sp³-hybridized carbons (Fsp3) is 0.917. The van der Waals surface area contributed by atoms with Gasteiger partial charge in [-0.2, -0.15) is 0 Å². The third-order valence-electron chi connectivity index (χ3n) is 3.04. The lowest BCUT2D eigenvalue weighted by Gasteiger charge is -2.32. The maximum atomic E-state index is 10.5. The number of ether oxygens (including phenoxy) is 2. The Labute approximate surface area is 127 Å². The first kappa shape index (κ1) is 21.3. The summed E-state index contributed by atoms with van der Waals surface area (Å²) in [5.41, 5.74) is -0.571. The summed E-state index contributed by atoms with van der Waals surface area (Å²) in [5, 5.41) is 60.7. The van der Waals surface area contributed by atoms with E-state index in [1.165, 1.54) is 0 Å². The minimum Gasteiger partial charge on any atom is -0.396 e. The molecule has 0 aromatic heterocycles. The molecule has 1 fully saturated rings. The number of aliphatic hydroxyl groups excluding tert-OH is 7. The van der Waals surface area contributed by atoms with Crippen molar-refractivity contribution in [2.45, 2.75) is 18.3 Å². The number of hydrogen-bond donors (Lipinski definition) is 7. The molecular weight excluding hydrogens is 304 g/mol. The highest BCUT2D eigenvalue weighted by Gasteiger charge is 2.32. The highest BCUT2D eigenvalue weighted by atomic mass is 16.7. The second-order valence-corrected chi connectivity index (χ2v) is 4.94. The van der Waals surface area contributed by atoms with Crippen LogP contribution in [0.3, 0.4) is 0 Å². The lowest BCUT2D eigenvalue weighted by molar-refractivity contribution is -0.187. The predicted molar refractivity (Wildman–Crippen MR) is 70.6 cm³/mol. The van der Waals surface area contributed by atoms with Crippen LogP contribution in [0.2, 0.25) is 0 Å². The van der Waals surface area contributed by atoms with Gasteiger partial charge in [0.1, 0.15) is 31.7 Å². The van der Waals surface area contributed by atoms with Gasteiger partial charge in [0.25, 0.3) is 0 Å². The summed E-state index contributed by atoms with van der Waals surface area (Å²) in [4.78, 5) is 10.5. The number of carbonyl (C=O) groups is 1. The Balaban J connectivity index is 0.000000406. The second kappa shape index (κ2) is 10.9. The van der Waals surface area contributed by atoms with Gasteiger partial charge >= 0.3 is 0 Å². The van der Waals surface area contributed by atoms with Crippen LogP contribution in [-0.2, 0) is 14.3 Å². The maximum Gasteiger partial charge on any atom is 0.189 e. The predicted octanol–water partition coefficient (Wildman–Crippen LogP) is -4.42. The van der Waals surface area contributed by atoms with E-state index in [-0.39, 0.29) is 20.0 Å². The van der Waals surface area contributed by atoms with E-state index in [0.29, 0.717) is 13.2 Å². The fourth-order valence-corrected chi connectivity index (χ4v) is 1.45. The van der Waals surface area contributed by atoms with Crippen LogP contribution in [-0.4, -0.2) is 106 Å². The largest absolute Gasteiger partial charge is 0.396 e. The molecule has 0 amide bonds. The number of rotatable bonds is 7. The second-order valence-electron chi connectivity index (χ2n) is 4.94. The quantitative estimate of drug-likeness (QED) is 0.241. The van der Waals surface area contributed by atoms with Gasteiger partial charge in [0.15, 0.2) is 5.78 Å². The third kappa shape index (κ3) is 6.60. The Bertz CT molecular complexity index is 298. The van der Waals surface area contributed by atoms with Crippen molar-refractivity contribution in [3.63, 3.8) is 0 Å². The average molecular weight is 328 g/mol. The molecule has 10 nitrogen and oxygen atoms in total. The Morgan fingerprint density at radius 1 is 1.00 bits per heavy atom. The van der Waals surface area contributed by atoms with Gasteiger partial charge in [-0.25, -0.2) is 0 Å². The van der Waals surface area contributed by atoms with Crippen LogP contribution in [0.15, 0.2) is 0 Å². The first-order valence-corrected chi connectivity index (χ1v) is 6.53. The molecule has 1 aliphatic rings. The topological polar surface area (TPSA) is 177 Å². The summed E-state index contributed by atoms with van der Waals surface area (Å²) in [7, 11) is 0. The molecule has 132 valence electrons. The molecule has 0 radical (unpaired) electrons. The minimum absolute atomic E-state index is 0.0938. The number of aliphatic hydroxyl groups is 7. The van der Waals surface area contributed by atoms with Crippen LogP contribution in [0.4, 0.5) is 0 Å². The summed E-state index contributed by atoms with van der Waals surface area (Å²) in [6.07, 6.45) is -5.22. The van der Waals surface area contributed by atoms with Gasteiger partial charge in [-0.05, 0) is 0 Å². The van der Waals surface area contributed by atoms with E-state index in [1.807, 2.05) is 0 Å². The van der Waals surface area contributed by atoms with Crippen LogP contribution in [0.25, 0.3) is 0 Å². The molecule has 1 rings (SSSR count). The van der Waals surface area contributed by atoms with Gasteiger partial charge in [-0.1, -0.05) is 0 Å². The minimum atomic E-state index is -1.86. The zero-order valence-corrected chi connectivity index (χ0v) is 12.0. The van der Waals surface area contributed by atoms with Gasteiger partial charge in [-0.3, -0.25) is 4.79 Å². The summed E-state index contributed by atoms with van der Waals surface area (Å²) in [6.45, 7) is -0.859. The zero-order valence-electron chi connectivity index (χ0n) is 12.0. The monoisotopic (exact) mass is 328 g/mol. The van der Waals surface area contributed by atoms with E-state index in [2.05, 4.69) is 0 Å². The van der Waals surface area contributed by atoms with Crippen molar-refractivity contribution in [2.24, 2.45) is 5.41 Å². The van der Waals surface area contributed by atoms with Crippen molar-refractivity contribution >= 4 is 5.78 Å². The van der Waals surface area contributed by atoms with Gasteiger partial charge in [0, 0.05) is 0 Å². The summed E-state index contributed by atoms with van der Waals surface area (Å²) in [5.74, 6) is -1.00. The summed E-state index contributed by atoms with van der Waals surface area (Å²) in [6, 6.07) is 0. The van der Waals surface area contributed by atoms with Crippen molar-refractivity contribution in [1.29, 1.82) is 0 Å². The lowest BCUT2D eigenvalue weighted by Crippen LogP contribution is -2.44. The molecule has 0 bridgehead atoms. The molecule has 0 saturated carbocycles. The van der Waals surface area contributed by atoms with E-state index < -0.39 is 42.7 Å². The average Bonchev–Trinajstić information content (AvgIpc) is 2.59. The molecule has 0 aliphatic carbocycles. The molecular formula is C12H24O10. The number of Topliss-reactive ketones (excluding diaryl/α,β-unsaturated/α-hetero) is 1. The normalized spacial score (nSPS) is 21.2. The van der Waals surface area contributed by atoms with Gasteiger partial charge in [-0.15, -0.1) is 0 Å². The zero-order chi connectivity index (χ0) is 17.2. The van der Waals surface area contributed by atoms with Gasteiger partial charge in [0.2, 0.25) is 0 Å². The van der Waals surface area contributed by atoms with E-state index in [9.17, 15) is 4.79 Å². The van der Waals surface area contributed by atoms with Crippen molar-refractivity contribution in [2.75, 3.05) is 46.4 Å². The van der Waals surface area contributed by atoms with Crippen LogP contribution in [0, 0.1) is 5.41 Å². The smallest absolute Gasteiger partial charge is 0.189 e. The van der Waals surface area contributed by atoms with Crippen LogP contribution in [0.5, 0.6) is 0 Å². The first-order valence-electron chi connectivity index (χ1n) is 6.53. The summed E-state index contributed by atoms with van der Waals surface area (Å²) >= 11 is 0. The Hall–Kier alpha value is -0.690. The molecule has 3 atom stereocenters. The van der Waals surface area contributed by atoms with E-state index >= 15 is 0 Å². The Morgan fingerprint density at radius 2 is 1.50 bits per heavy atom. The number of hydrogen-bond acceptors (Lipinski definition) is 10. The van der Waals surface area contributed by atoms with E-state index in [1.54, 1.807) is 0 Å². The number of ketones is 1. The molecule has 7 N–H and O–H groups in total. The number of carbonyl (C=O) groups excluding carboxylic acids is 1. The molecule has 0 unspecified atom stereocenters. The summed E-state index contributed by atoms with van der Waals surface area (Å²) < 4.78 is 9.85. The Morgan fingerprint density at radius 3 is 1.82 bits per heavy atom. The fourth-order valence-electron chi connectivity index (χ4n) is 1.45. The maximum absolute atomic E-state index is 10.5. The third-order valence-corrected chi connectivity index (χ3v) is 3.04. The van der Waals surface area contributed by atoms with Gasteiger partial charge in [0.05, 0.1) is 38.4 Å². The first-order chi connectivity index (χ1) is 10.4. The molecule has 1 aliphatic heterocycles. The molecule has 0 aromatic rings. The molecule has 1 heterocycles. The highest BCUT2D eigenvalue weighted by Crippen LogP contribution is 2.19. The molecule has 0 aromatic carbocycles. The van der Waals surface area contributed by atoms with Crippen molar-refractivity contribution in [3.05, 3.63) is 0 Å². The lowest BCUT2D eigenvalue weighted by atomic mass is 9.92. The molecule has 10 heteroatoms. The SMILES string of the molecule is O=C(CO)[C@H](O)[C@@H](O)[C@H](O)CO.OCC1(CO)COCOC1. The molecule has 1 saturated heterocycles. The van der Waals surface area contributed by atoms with Crippen LogP contribution < -0.4 is 0 Å². The Kier molecular flexibility index (Phi) is 10.6. The molecule has 0 spiro atoms. The highest BCUT2D eigenvalue weighted by molar-refractivity contribution is 5.84. The van der Waals surface area contributed by atoms with Crippen molar-refractivity contribution in [1.82, 2.24) is 0 Å². The molecule has 22 heavy (non-hydrogen) atoms. The van der Waals surface area contributed by atoms with Crippen molar-refractivity contribution < 1.29 is 50.0 Å². The van der Waals surface area contributed by atoms with Gasteiger partial charge < -0.3 is 45.2 Å².